The minimum absolute atomic E-state index is 0.0421. The molecule has 0 fully saturated rings. The molecule has 48 heavy (non-hydrogen) atoms. The minimum atomic E-state index is -1.34. The van der Waals surface area contributed by atoms with Crippen molar-refractivity contribution in [2.45, 2.75) is 12.8 Å². The molecule has 0 aliphatic rings. The van der Waals surface area contributed by atoms with Crippen LogP contribution in [-0.4, -0.2) is 101 Å². The second-order valence-electron chi connectivity index (χ2n) is 10.7. The van der Waals surface area contributed by atoms with E-state index in [1.165, 1.54) is 24.5 Å². The van der Waals surface area contributed by atoms with Gasteiger partial charge >= 0.3 is 7.12 Å². The van der Waals surface area contributed by atoms with Gasteiger partial charge in [-0.3, -0.25) is 20.2 Å². The third-order valence-corrected chi connectivity index (χ3v) is 6.78. The van der Waals surface area contributed by atoms with Gasteiger partial charge in [0.2, 0.25) is 11.8 Å². The lowest BCUT2D eigenvalue weighted by molar-refractivity contribution is -0.385. The van der Waals surface area contributed by atoms with Gasteiger partial charge in [0.1, 0.15) is 12.4 Å². The highest BCUT2D eigenvalue weighted by Crippen LogP contribution is 2.31. The predicted octanol–water partition coefficient (Wildman–Crippen LogP) is 4.44. The first-order valence-corrected chi connectivity index (χ1v) is 15.6. The first-order chi connectivity index (χ1) is 22.9. The van der Waals surface area contributed by atoms with Crippen molar-refractivity contribution in [3.63, 3.8) is 0 Å². The van der Waals surface area contributed by atoms with Gasteiger partial charge in [-0.05, 0) is 68.0 Å². The maximum absolute atomic E-state index is 11.0. The normalized spacial score (nSPS) is 10.4. The number of hydrogen-bond acceptors (Lipinski definition) is 12. The van der Waals surface area contributed by atoms with Crippen LogP contribution in [0.15, 0.2) is 89.7 Å². The van der Waals surface area contributed by atoms with E-state index in [1.807, 2.05) is 64.6 Å². The number of hydrogen-bond donors (Lipinski definition) is 2. The fourth-order valence-electron chi connectivity index (χ4n) is 3.83. The number of ether oxygens (including phenoxy) is 2. The highest BCUT2D eigenvalue weighted by Gasteiger charge is 2.15. The van der Waals surface area contributed by atoms with Crippen LogP contribution in [0.4, 0.5) is 11.4 Å². The minimum Gasteiger partial charge on any atom is -0.477 e. The zero-order valence-electron chi connectivity index (χ0n) is 27.3. The van der Waals surface area contributed by atoms with E-state index in [2.05, 4.69) is 35.7 Å². The summed E-state index contributed by atoms with van der Waals surface area (Å²) >= 11 is 3.19. The first kappa shape index (κ1) is 39.7. The second-order valence-corrected chi connectivity index (χ2v) is 11.6. The smallest absolute Gasteiger partial charge is 0.477 e. The molecule has 256 valence electrons. The molecule has 2 heterocycles. The van der Waals surface area contributed by atoms with Crippen LogP contribution in [0.1, 0.15) is 12.8 Å². The molecule has 2 aromatic carbocycles. The Kier molecular flexibility index (Phi) is 17.7. The Hall–Kier alpha value is -4.48. The number of rotatable bonds is 14. The number of pyridine rings is 2. The molecule has 14 nitrogen and oxygen atoms in total. The molecule has 0 unspecified atom stereocenters. The number of aromatic nitrogens is 2. The molecule has 0 saturated heterocycles. The molecule has 0 radical (unpaired) electrons. The third-order valence-electron chi connectivity index (χ3n) is 6.21. The van der Waals surface area contributed by atoms with Crippen molar-refractivity contribution in [3.8, 4) is 22.9 Å². The van der Waals surface area contributed by atoms with E-state index >= 15 is 0 Å². The summed E-state index contributed by atoms with van der Waals surface area (Å²) in [6.07, 6.45) is 4.15. The van der Waals surface area contributed by atoms with Gasteiger partial charge in [0.05, 0.1) is 33.1 Å². The van der Waals surface area contributed by atoms with E-state index in [1.54, 1.807) is 24.3 Å². The van der Waals surface area contributed by atoms with Crippen molar-refractivity contribution >= 4 is 39.9 Å². The lowest BCUT2D eigenvalue weighted by atomic mass is 9.81. The molecule has 2 N–H and O–H groups in total. The van der Waals surface area contributed by atoms with Gasteiger partial charge in [0.25, 0.3) is 11.4 Å². The molecule has 2 aromatic heterocycles. The highest BCUT2D eigenvalue weighted by atomic mass is 79.9. The Bertz CT molecular complexity index is 1550. The number of halogens is 1. The third kappa shape index (κ3) is 15.0. The predicted molar refractivity (Wildman–Crippen MR) is 189 cm³/mol. The monoisotopic (exact) mass is 726 g/mol. The number of nitro groups is 2. The zero-order chi connectivity index (χ0) is 35.5. The maximum Gasteiger partial charge on any atom is 0.488 e. The molecule has 0 bridgehead atoms. The van der Waals surface area contributed by atoms with Crippen molar-refractivity contribution in [2.24, 2.45) is 0 Å². The lowest BCUT2D eigenvalue weighted by Crippen LogP contribution is -2.29. The van der Waals surface area contributed by atoms with Crippen molar-refractivity contribution in [1.29, 1.82) is 0 Å². The molecule has 16 heteroatoms. The van der Waals surface area contributed by atoms with E-state index < -0.39 is 17.0 Å². The van der Waals surface area contributed by atoms with Gasteiger partial charge in [-0.15, -0.1) is 0 Å². The zero-order valence-corrected chi connectivity index (χ0v) is 28.9. The molecule has 0 amide bonds. The number of nitrogens with zero attached hydrogens (tertiary/aromatic N) is 6. The average Bonchev–Trinajstić information content (AvgIpc) is 3.06. The summed E-state index contributed by atoms with van der Waals surface area (Å²) in [5.41, 5.74) is 1.91. The summed E-state index contributed by atoms with van der Waals surface area (Å²) in [5, 5.41) is 38.6. The van der Waals surface area contributed by atoms with E-state index in [-0.39, 0.29) is 11.4 Å². The fourth-order valence-corrected chi connectivity index (χ4v) is 4.28. The summed E-state index contributed by atoms with van der Waals surface area (Å²) in [6.45, 7) is 2.88. The van der Waals surface area contributed by atoms with Crippen molar-refractivity contribution in [3.05, 3.63) is 110 Å². The van der Waals surface area contributed by atoms with Crippen LogP contribution < -0.4 is 14.9 Å². The van der Waals surface area contributed by atoms with E-state index in [0.717, 1.165) is 31.5 Å². The standard InChI is InChI=1S/C16H19N3O3.C10H14BrN3O3.C6H7BO2/c1-18(2)9-6-10-22-16-15(13-7-4-3-5-8-13)11-14(12-17-16)19(20)21;1-13(2)4-3-5-17-10-9(11)6-8(7-12-10)14(15)16;8-7(9)6-4-2-1-3-5-6/h3-5,7-8,11-12H,6,9-10H2,1-2H3;6-7H,3-5H2,1-2H3;1-5,8-9H. The summed E-state index contributed by atoms with van der Waals surface area (Å²) in [4.78, 5) is 32.6. The van der Waals surface area contributed by atoms with Crippen molar-refractivity contribution in [2.75, 3.05) is 54.5 Å². The van der Waals surface area contributed by atoms with Gasteiger partial charge in [-0.25, -0.2) is 9.97 Å². The topological polar surface area (TPSA) is 177 Å². The Morgan fingerprint density at radius 2 is 1.21 bits per heavy atom. The second kappa shape index (κ2) is 21.4. The quantitative estimate of drug-likeness (QED) is 0.0810. The largest absolute Gasteiger partial charge is 0.488 e. The molecule has 0 spiro atoms. The molecule has 0 aliphatic heterocycles. The van der Waals surface area contributed by atoms with Crippen LogP contribution in [-0.2, 0) is 0 Å². The van der Waals surface area contributed by atoms with Gasteiger partial charge in [0, 0.05) is 25.2 Å². The molecular weight excluding hydrogens is 687 g/mol. The Balaban J connectivity index is 0.000000272. The first-order valence-electron chi connectivity index (χ1n) is 14.8. The van der Waals surface area contributed by atoms with Gasteiger partial charge < -0.3 is 29.3 Å². The van der Waals surface area contributed by atoms with E-state index in [9.17, 15) is 20.2 Å². The molecule has 0 aliphatic carbocycles. The Labute approximate surface area is 288 Å². The van der Waals surface area contributed by atoms with Crippen molar-refractivity contribution < 1.29 is 29.4 Å². The maximum atomic E-state index is 11.0. The van der Waals surface area contributed by atoms with Gasteiger partial charge in [0.15, 0.2) is 0 Å². The lowest BCUT2D eigenvalue weighted by Gasteiger charge is -2.12. The summed E-state index contributed by atoms with van der Waals surface area (Å²) in [5.74, 6) is 0.810. The molecule has 0 atom stereocenters. The van der Waals surface area contributed by atoms with Gasteiger partial charge in [-0.1, -0.05) is 60.7 Å². The van der Waals surface area contributed by atoms with Crippen molar-refractivity contribution in [1.82, 2.24) is 19.8 Å². The van der Waals surface area contributed by atoms with Gasteiger partial charge in [-0.2, -0.15) is 0 Å². The fraction of sp³-hybridized carbons (Fsp3) is 0.312. The Morgan fingerprint density at radius 1 is 0.750 bits per heavy atom. The van der Waals surface area contributed by atoms with Crippen LogP contribution in [0.2, 0.25) is 0 Å². The average molecular weight is 727 g/mol. The summed E-state index contributed by atoms with van der Waals surface area (Å²) in [7, 11) is 6.63. The summed E-state index contributed by atoms with van der Waals surface area (Å²) in [6, 6.07) is 21.0. The van der Waals surface area contributed by atoms with Crippen LogP contribution in [0, 0.1) is 20.2 Å². The van der Waals surface area contributed by atoms with E-state index in [0.29, 0.717) is 40.5 Å². The SMILES string of the molecule is CN(C)CCCOc1ncc([N+](=O)[O-])cc1-c1ccccc1.CN(C)CCCOc1ncc([N+](=O)[O-])cc1Br.OB(O)c1ccccc1. The molecule has 4 aromatic rings. The van der Waals surface area contributed by atoms with E-state index in [4.69, 9.17) is 19.5 Å². The van der Waals surface area contributed by atoms with Crippen LogP contribution in [0.5, 0.6) is 11.8 Å². The molecule has 0 saturated carbocycles. The summed E-state index contributed by atoms with van der Waals surface area (Å²) < 4.78 is 11.6. The van der Waals surface area contributed by atoms with Crippen LogP contribution in [0.25, 0.3) is 11.1 Å². The highest BCUT2D eigenvalue weighted by molar-refractivity contribution is 9.10. The molecular formula is C32H40BBrN6O8. The van der Waals surface area contributed by atoms with Crippen LogP contribution >= 0.6 is 15.9 Å². The number of benzene rings is 2. The molecule has 4 rings (SSSR count). The Morgan fingerprint density at radius 3 is 1.65 bits per heavy atom. The van der Waals surface area contributed by atoms with Crippen LogP contribution in [0.3, 0.4) is 0 Å².